The minimum Gasteiger partial charge on any atom is -0.421 e. The SMILES string of the molecule is CCCC(NC(=O)CCCc1nnc(-c2ccccc2)o1)c1ccccc1. The van der Waals surface area contributed by atoms with E-state index in [1.807, 2.05) is 48.5 Å². The maximum Gasteiger partial charge on any atom is 0.247 e. The van der Waals surface area contributed by atoms with E-state index in [9.17, 15) is 4.79 Å². The van der Waals surface area contributed by atoms with Gasteiger partial charge in [0.2, 0.25) is 17.7 Å². The Bertz CT molecular complexity index is 831. The molecule has 1 unspecified atom stereocenters. The number of hydrogen-bond donors (Lipinski definition) is 1. The van der Waals surface area contributed by atoms with Gasteiger partial charge in [-0.2, -0.15) is 0 Å². The molecule has 0 radical (unpaired) electrons. The molecule has 0 saturated carbocycles. The minimum absolute atomic E-state index is 0.0556. The van der Waals surface area contributed by atoms with Crippen LogP contribution in [0.15, 0.2) is 65.1 Å². The van der Waals surface area contributed by atoms with Crippen LogP contribution in [0.5, 0.6) is 0 Å². The van der Waals surface area contributed by atoms with Crippen molar-refractivity contribution in [1.82, 2.24) is 15.5 Å². The van der Waals surface area contributed by atoms with Crippen LogP contribution in [0, 0.1) is 0 Å². The van der Waals surface area contributed by atoms with Gasteiger partial charge in [-0.25, -0.2) is 0 Å². The summed E-state index contributed by atoms with van der Waals surface area (Å²) < 4.78 is 5.69. The van der Waals surface area contributed by atoms with Gasteiger partial charge in [0.05, 0.1) is 6.04 Å². The summed E-state index contributed by atoms with van der Waals surface area (Å²) in [6.07, 6.45) is 3.66. The summed E-state index contributed by atoms with van der Waals surface area (Å²) in [5.41, 5.74) is 2.05. The number of hydrogen-bond acceptors (Lipinski definition) is 4. The summed E-state index contributed by atoms with van der Waals surface area (Å²) in [7, 11) is 0. The van der Waals surface area contributed by atoms with E-state index in [1.54, 1.807) is 0 Å². The third-order valence-electron chi connectivity index (χ3n) is 4.40. The molecule has 0 aliphatic carbocycles. The number of carbonyl (C=O) groups is 1. The molecule has 1 heterocycles. The largest absolute Gasteiger partial charge is 0.421 e. The van der Waals surface area contributed by atoms with Crippen molar-refractivity contribution in [3.8, 4) is 11.5 Å². The van der Waals surface area contributed by atoms with Gasteiger partial charge in [-0.3, -0.25) is 4.79 Å². The van der Waals surface area contributed by atoms with E-state index in [0.717, 1.165) is 24.0 Å². The Hall–Kier alpha value is -2.95. The number of nitrogens with one attached hydrogen (secondary N) is 1. The van der Waals surface area contributed by atoms with Crippen LogP contribution in [-0.2, 0) is 11.2 Å². The van der Waals surface area contributed by atoms with E-state index in [-0.39, 0.29) is 11.9 Å². The molecule has 1 atom stereocenters. The normalized spacial score (nSPS) is 11.9. The van der Waals surface area contributed by atoms with Gasteiger partial charge in [0, 0.05) is 18.4 Å². The Morgan fingerprint density at radius 3 is 2.44 bits per heavy atom. The summed E-state index contributed by atoms with van der Waals surface area (Å²) in [5, 5.41) is 11.3. The molecule has 0 fully saturated rings. The summed E-state index contributed by atoms with van der Waals surface area (Å²) in [6.45, 7) is 2.13. The lowest BCUT2D eigenvalue weighted by atomic mass is 10.0. The van der Waals surface area contributed by atoms with E-state index >= 15 is 0 Å². The average molecular weight is 363 g/mol. The lowest BCUT2D eigenvalue weighted by molar-refractivity contribution is -0.122. The highest BCUT2D eigenvalue weighted by molar-refractivity contribution is 5.76. The predicted octanol–water partition coefficient (Wildman–Crippen LogP) is 4.72. The second-order valence-corrected chi connectivity index (χ2v) is 6.54. The summed E-state index contributed by atoms with van der Waals surface area (Å²) in [6, 6.07) is 19.9. The van der Waals surface area contributed by atoms with Gasteiger partial charge in [0.25, 0.3) is 0 Å². The molecule has 0 saturated heterocycles. The Kier molecular flexibility index (Phi) is 6.74. The molecule has 0 aliphatic rings. The van der Waals surface area contributed by atoms with Gasteiger partial charge in [0.1, 0.15) is 0 Å². The van der Waals surface area contributed by atoms with Crippen molar-refractivity contribution in [2.24, 2.45) is 0 Å². The van der Waals surface area contributed by atoms with Crippen LogP contribution in [0.4, 0.5) is 0 Å². The molecule has 2 aromatic carbocycles. The smallest absolute Gasteiger partial charge is 0.247 e. The Labute approximate surface area is 159 Å². The zero-order chi connectivity index (χ0) is 18.9. The minimum atomic E-state index is 0.0556. The quantitative estimate of drug-likeness (QED) is 0.597. The van der Waals surface area contributed by atoms with Crippen LogP contribution < -0.4 is 5.32 Å². The zero-order valence-electron chi connectivity index (χ0n) is 15.6. The van der Waals surface area contributed by atoms with Crippen LogP contribution in [0.2, 0.25) is 0 Å². The molecule has 0 aliphatic heterocycles. The van der Waals surface area contributed by atoms with Gasteiger partial charge < -0.3 is 9.73 Å². The molecular formula is C22H25N3O2. The molecule has 1 N–H and O–H groups in total. The molecule has 3 aromatic rings. The van der Waals surface area contributed by atoms with Gasteiger partial charge in [-0.1, -0.05) is 61.9 Å². The van der Waals surface area contributed by atoms with Crippen molar-refractivity contribution in [3.63, 3.8) is 0 Å². The highest BCUT2D eigenvalue weighted by atomic mass is 16.4. The van der Waals surface area contributed by atoms with Gasteiger partial charge in [-0.05, 0) is 30.5 Å². The van der Waals surface area contributed by atoms with E-state index < -0.39 is 0 Å². The van der Waals surface area contributed by atoms with Crippen molar-refractivity contribution >= 4 is 5.91 Å². The number of aryl methyl sites for hydroxylation is 1. The Morgan fingerprint density at radius 2 is 1.74 bits per heavy atom. The van der Waals surface area contributed by atoms with Crippen LogP contribution in [0.25, 0.3) is 11.5 Å². The number of amides is 1. The number of aromatic nitrogens is 2. The topological polar surface area (TPSA) is 68.0 Å². The molecular weight excluding hydrogens is 338 g/mol. The van der Waals surface area contributed by atoms with E-state index in [1.165, 1.54) is 0 Å². The molecule has 5 heteroatoms. The summed E-state index contributed by atoms with van der Waals surface area (Å²) >= 11 is 0. The monoisotopic (exact) mass is 363 g/mol. The standard InChI is InChI=1S/C22H25N3O2/c1-2-10-19(17-11-5-3-6-12-17)23-20(26)15-9-16-21-24-25-22(27-21)18-13-7-4-8-14-18/h3-8,11-14,19H,2,9-10,15-16H2,1H3,(H,23,26). The predicted molar refractivity (Wildman–Crippen MR) is 105 cm³/mol. The zero-order valence-corrected chi connectivity index (χ0v) is 15.6. The van der Waals surface area contributed by atoms with E-state index in [2.05, 4.69) is 34.6 Å². The fraction of sp³-hybridized carbons (Fsp3) is 0.318. The molecule has 1 aromatic heterocycles. The fourth-order valence-corrected chi connectivity index (χ4v) is 3.01. The Morgan fingerprint density at radius 1 is 1.04 bits per heavy atom. The molecule has 140 valence electrons. The first kappa shape index (κ1) is 18.8. The third kappa shape index (κ3) is 5.51. The first-order valence-electron chi connectivity index (χ1n) is 9.48. The average Bonchev–Trinajstić information content (AvgIpc) is 3.18. The van der Waals surface area contributed by atoms with Crippen molar-refractivity contribution in [1.29, 1.82) is 0 Å². The fourth-order valence-electron chi connectivity index (χ4n) is 3.01. The second-order valence-electron chi connectivity index (χ2n) is 6.54. The van der Waals surface area contributed by atoms with Crippen molar-refractivity contribution in [2.45, 2.75) is 45.1 Å². The number of nitrogens with zero attached hydrogens (tertiary/aromatic N) is 2. The van der Waals surface area contributed by atoms with Gasteiger partial charge in [0.15, 0.2) is 0 Å². The lowest BCUT2D eigenvalue weighted by Gasteiger charge is -2.18. The van der Waals surface area contributed by atoms with Crippen LogP contribution in [0.3, 0.4) is 0 Å². The van der Waals surface area contributed by atoms with Crippen LogP contribution >= 0.6 is 0 Å². The third-order valence-corrected chi connectivity index (χ3v) is 4.40. The molecule has 5 nitrogen and oxygen atoms in total. The first-order valence-corrected chi connectivity index (χ1v) is 9.48. The maximum atomic E-state index is 12.3. The van der Waals surface area contributed by atoms with Gasteiger partial charge >= 0.3 is 0 Å². The van der Waals surface area contributed by atoms with Crippen molar-refractivity contribution in [3.05, 3.63) is 72.1 Å². The summed E-state index contributed by atoms with van der Waals surface area (Å²) in [5.74, 6) is 1.14. The highest BCUT2D eigenvalue weighted by Crippen LogP contribution is 2.19. The van der Waals surface area contributed by atoms with Gasteiger partial charge in [-0.15, -0.1) is 10.2 Å². The maximum absolute atomic E-state index is 12.3. The summed E-state index contributed by atoms with van der Waals surface area (Å²) in [4.78, 5) is 12.3. The van der Waals surface area contributed by atoms with Crippen molar-refractivity contribution < 1.29 is 9.21 Å². The number of carbonyl (C=O) groups excluding carboxylic acids is 1. The van der Waals surface area contributed by atoms with Crippen LogP contribution in [0.1, 0.15) is 50.1 Å². The van der Waals surface area contributed by atoms with Crippen LogP contribution in [-0.4, -0.2) is 16.1 Å². The second kappa shape index (κ2) is 9.67. The molecule has 0 bridgehead atoms. The molecule has 1 amide bonds. The number of benzene rings is 2. The highest BCUT2D eigenvalue weighted by Gasteiger charge is 2.14. The van der Waals surface area contributed by atoms with E-state index in [4.69, 9.17) is 4.42 Å². The molecule has 3 rings (SSSR count). The molecule has 27 heavy (non-hydrogen) atoms. The Balaban J connectivity index is 1.48. The lowest BCUT2D eigenvalue weighted by Crippen LogP contribution is -2.28. The first-order chi connectivity index (χ1) is 13.3. The van der Waals surface area contributed by atoms with Crippen molar-refractivity contribution in [2.75, 3.05) is 0 Å². The number of rotatable bonds is 9. The molecule has 0 spiro atoms. The van der Waals surface area contributed by atoms with E-state index in [0.29, 0.717) is 31.0 Å².